The minimum Gasteiger partial charge on any atom is -0.397 e. The van der Waals surface area contributed by atoms with Crippen molar-refractivity contribution in [2.24, 2.45) is 0 Å². The summed E-state index contributed by atoms with van der Waals surface area (Å²) in [6, 6.07) is 5.37. The Balaban J connectivity index is 2.30. The normalized spacial score (nSPS) is 12.6. The van der Waals surface area contributed by atoms with E-state index in [4.69, 9.17) is 22.1 Å². The van der Waals surface area contributed by atoms with Crippen LogP contribution in [0, 0.1) is 0 Å². The first kappa shape index (κ1) is 14.1. The molecule has 0 spiro atoms. The molecule has 0 fully saturated rings. The van der Waals surface area contributed by atoms with Gasteiger partial charge in [-0.25, -0.2) is 0 Å². The van der Waals surface area contributed by atoms with Gasteiger partial charge in [-0.15, -0.1) is 11.3 Å². The first-order chi connectivity index (χ1) is 9.02. The maximum atomic E-state index is 12.1. The average Bonchev–Trinajstić information content (AvgIpc) is 2.67. The zero-order chi connectivity index (χ0) is 14.0. The molecule has 1 amide bonds. The molecule has 0 aliphatic heterocycles. The highest BCUT2D eigenvalue weighted by Gasteiger charge is 2.18. The summed E-state index contributed by atoms with van der Waals surface area (Å²) in [5.41, 5.74) is 6.49. The van der Waals surface area contributed by atoms with Crippen LogP contribution >= 0.6 is 22.9 Å². The smallest absolute Gasteiger partial charge is 0.263 e. The number of methoxy groups -OCH3 is 1. The Kier molecular flexibility index (Phi) is 4.29. The number of thiophene rings is 1. The third-order valence-corrected chi connectivity index (χ3v) is 4.11. The van der Waals surface area contributed by atoms with Crippen LogP contribution in [0.4, 0.5) is 5.69 Å². The highest BCUT2D eigenvalue weighted by atomic mass is 35.5. The Morgan fingerprint density at radius 2 is 2.32 bits per heavy atom. The number of hydrogen-bond acceptors (Lipinski definition) is 4. The fourth-order valence-corrected chi connectivity index (χ4v) is 3.02. The van der Waals surface area contributed by atoms with Gasteiger partial charge in [0, 0.05) is 28.3 Å². The Morgan fingerprint density at radius 3 is 3.00 bits per heavy atom. The molecule has 1 heterocycles. The number of halogens is 1. The second-order valence-electron chi connectivity index (χ2n) is 4.32. The van der Waals surface area contributed by atoms with E-state index in [-0.39, 0.29) is 11.9 Å². The van der Waals surface area contributed by atoms with Gasteiger partial charge in [-0.3, -0.25) is 4.79 Å². The third-order valence-electron chi connectivity index (χ3n) is 2.69. The van der Waals surface area contributed by atoms with Crippen LogP contribution in [-0.4, -0.2) is 25.7 Å². The van der Waals surface area contributed by atoms with Gasteiger partial charge >= 0.3 is 0 Å². The van der Waals surface area contributed by atoms with Crippen LogP contribution in [0.25, 0.3) is 10.1 Å². The summed E-state index contributed by atoms with van der Waals surface area (Å²) in [5.74, 6) is -0.181. The fourth-order valence-electron chi connectivity index (χ4n) is 1.84. The number of anilines is 1. The predicted molar refractivity (Wildman–Crippen MR) is 80.1 cm³/mol. The van der Waals surface area contributed by atoms with Crippen molar-refractivity contribution in [3.05, 3.63) is 28.1 Å². The molecule has 0 aliphatic rings. The van der Waals surface area contributed by atoms with Crippen molar-refractivity contribution < 1.29 is 9.53 Å². The van der Waals surface area contributed by atoms with Gasteiger partial charge in [0.15, 0.2) is 0 Å². The molecule has 2 aromatic rings. The standard InChI is InChI=1S/C13H15ClN2O2S/c1-7(6-18-2)16-13(17)12-11(15)9-5-8(14)3-4-10(9)19-12/h3-5,7H,6,15H2,1-2H3,(H,16,17). The number of carbonyl (C=O) groups is 1. The number of nitrogen functional groups attached to an aromatic ring is 1. The number of nitrogens with one attached hydrogen (secondary N) is 1. The molecule has 0 bridgehead atoms. The number of ether oxygens (including phenoxy) is 1. The topological polar surface area (TPSA) is 64.3 Å². The lowest BCUT2D eigenvalue weighted by Crippen LogP contribution is -2.35. The zero-order valence-electron chi connectivity index (χ0n) is 10.7. The van der Waals surface area contributed by atoms with E-state index in [1.165, 1.54) is 11.3 Å². The van der Waals surface area contributed by atoms with Crippen molar-refractivity contribution in [2.45, 2.75) is 13.0 Å². The van der Waals surface area contributed by atoms with Gasteiger partial charge in [0.25, 0.3) is 5.91 Å². The first-order valence-corrected chi connectivity index (χ1v) is 6.99. The van der Waals surface area contributed by atoms with Gasteiger partial charge in [0.1, 0.15) is 4.88 Å². The molecule has 3 N–H and O–H groups in total. The fraction of sp³-hybridized carbons (Fsp3) is 0.308. The summed E-state index contributed by atoms with van der Waals surface area (Å²) in [6.45, 7) is 2.34. The SMILES string of the molecule is COCC(C)NC(=O)c1sc2ccc(Cl)cc2c1N. The first-order valence-electron chi connectivity index (χ1n) is 5.80. The molecular weight excluding hydrogens is 284 g/mol. The van der Waals surface area contributed by atoms with Crippen molar-refractivity contribution in [3.63, 3.8) is 0 Å². The van der Waals surface area contributed by atoms with E-state index in [9.17, 15) is 4.79 Å². The number of rotatable bonds is 4. The van der Waals surface area contributed by atoms with Crippen LogP contribution in [0.2, 0.25) is 5.02 Å². The van der Waals surface area contributed by atoms with Gasteiger partial charge in [0.2, 0.25) is 0 Å². The summed E-state index contributed by atoms with van der Waals surface area (Å²) in [5, 5.41) is 4.28. The lowest BCUT2D eigenvalue weighted by molar-refractivity contribution is 0.0910. The Labute approximate surface area is 120 Å². The van der Waals surface area contributed by atoms with Crippen LogP contribution in [0.3, 0.4) is 0 Å². The number of fused-ring (bicyclic) bond motifs is 1. The second-order valence-corrected chi connectivity index (χ2v) is 5.80. The van der Waals surface area contributed by atoms with Gasteiger partial charge in [-0.2, -0.15) is 0 Å². The summed E-state index contributed by atoms with van der Waals surface area (Å²) in [6.07, 6.45) is 0. The predicted octanol–water partition coefficient (Wildman–Crippen LogP) is 2.90. The van der Waals surface area contributed by atoms with Gasteiger partial charge in [-0.05, 0) is 25.1 Å². The molecule has 0 aliphatic carbocycles. The van der Waals surface area contributed by atoms with E-state index in [0.29, 0.717) is 22.2 Å². The number of carbonyl (C=O) groups excluding carboxylic acids is 1. The maximum Gasteiger partial charge on any atom is 0.263 e. The third kappa shape index (κ3) is 3.00. The summed E-state index contributed by atoms with van der Waals surface area (Å²) in [4.78, 5) is 12.7. The highest BCUT2D eigenvalue weighted by Crippen LogP contribution is 2.35. The molecule has 1 aromatic heterocycles. The van der Waals surface area contributed by atoms with Crippen LogP contribution in [0.15, 0.2) is 18.2 Å². The molecule has 0 saturated carbocycles. The van der Waals surface area contributed by atoms with Crippen molar-refractivity contribution in [3.8, 4) is 0 Å². The van der Waals surface area contributed by atoms with Crippen molar-refractivity contribution >= 4 is 44.6 Å². The monoisotopic (exact) mass is 298 g/mol. The summed E-state index contributed by atoms with van der Waals surface area (Å²) in [7, 11) is 1.60. The van der Waals surface area contributed by atoms with Crippen molar-refractivity contribution in [1.29, 1.82) is 0 Å². The minimum absolute atomic E-state index is 0.0642. The maximum absolute atomic E-state index is 12.1. The minimum atomic E-state index is -0.181. The Morgan fingerprint density at radius 1 is 1.58 bits per heavy atom. The number of benzene rings is 1. The lowest BCUT2D eigenvalue weighted by Gasteiger charge is -2.11. The van der Waals surface area contributed by atoms with E-state index >= 15 is 0 Å². The largest absolute Gasteiger partial charge is 0.397 e. The second kappa shape index (κ2) is 5.77. The summed E-state index contributed by atoms with van der Waals surface area (Å²) >= 11 is 7.30. The molecule has 0 radical (unpaired) electrons. The molecule has 1 unspecified atom stereocenters. The molecule has 6 heteroatoms. The Bertz CT molecular complexity index is 612. The molecule has 4 nitrogen and oxygen atoms in total. The van der Waals surface area contributed by atoms with Crippen LogP contribution in [0.5, 0.6) is 0 Å². The van der Waals surface area contributed by atoms with E-state index in [2.05, 4.69) is 5.32 Å². The lowest BCUT2D eigenvalue weighted by atomic mass is 10.2. The number of hydrogen-bond donors (Lipinski definition) is 2. The number of nitrogens with two attached hydrogens (primary N) is 1. The number of amides is 1. The van der Waals surface area contributed by atoms with Crippen molar-refractivity contribution in [1.82, 2.24) is 5.32 Å². The molecular formula is C13H15ClN2O2S. The molecule has 0 saturated heterocycles. The van der Waals surface area contributed by atoms with Crippen LogP contribution < -0.4 is 11.1 Å². The van der Waals surface area contributed by atoms with Crippen LogP contribution in [0.1, 0.15) is 16.6 Å². The quantitative estimate of drug-likeness (QED) is 0.912. The molecule has 1 atom stereocenters. The van der Waals surface area contributed by atoms with E-state index in [1.807, 2.05) is 13.0 Å². The van der Waals surface area contributed by atoms with Gasteiger partial charge < -0.3 is 15.8 Å². The zero-order valence-corrected chi connectivity index (χ0v) is 12.3. The summed E-state index contributed by atoms with van der Waals surface area (Å²) < 4.78 is 5.94. The highest BCUT2D eigenvalue weighted by molar-refractivity contribution is 7.21. The van der Waals surface area contributed by atoms with Crippen molar-refractivity contribution in [2.75, 3.05) is 19.5 Å². The van der Waals surface area contributed by atoms with E-state index in [1.54, 1.807) is 19.2 Å². The van der Waals surface area contributed by atoms with E-state index in [0.717, 1.165) is 10.1 Å². The molecule has 102 valence electrons. The Hall–Kier alpha value is -1.30. The molecule has 19 heavy (non-hydrogen) atoms. The molecule has 2 rings (SSSR count). The van der Waals surface area contributed by atoms with Gasteiger partial charge in [0.05, 0.1) is 12.3 Å². The van der Waals surface area contributed by atoms with Gasteiger partial charge in [-0.1, -0.05) is 11.6 Å². The van der Waals surface area contributed by atoms with Crippen LogP contribution in [-0.2, 0) is 4.74 Å². The molecule has 1 aromatic carbocycles. The average molecular weight is 299 g/mol. The van der Waals surface area contributed by atoms with E-state index < -0.39 is 0 Å².